The first-order valence-electron chi connectivity index (χ1n) is 9.79. The van der Waals surface area contributed by atoms with E-state index in [1.165, 1.54) is 44.9 Å². The molecule has 4 saturated carbocycles. The second-order valence-corrected chi connectivity index (χ2v) is 8.64. The quantitative estimate of drug-likeness (QED) is 0.767. The van der Waals surface area contributed by atoms with Gasteiger partial charge in [0.1, 0.15) is 5.75 Å². The topological polar surface area (TPSA) is 58.6 Å². The standard InChI is InChI=1S/C21H29NO3/c23-20(24)22-7-5-15-1-3-19(4-2-15)25-8-6-21-12-16-9-17(13-21)11-18(10-16)14-21/h1-4,16-18,22H,5-14H2,(H,23,24). The number of amides is 1. The number of hydrogen-bond donors (Lipinski definition) is 2. The minimum atomic E-state index is -0.968. The fraction of sp³-hybridized carbons (Fsp3) is 0.667. The predicted molar refractivity (Wildman–Crippen MR) is 96.9 cm³/mol. The van der Waals surface area contributed by atoms with Gasteiger partial charge in [-0.3, -0.25) is 0 Å². The van der Waals surface area contributed by atoms with Crippen LogP contribution in [-0.2, 0) is 6.42 Å². The Morgan fingerprint density at radius 2 is 1.68 bits per heavy atom. The molecule has 0 aromatic heterocycles. The third kappa shape index (κ3) is 3.94. The van der Waals surface area contributed by atoms with Gasteiger partial charge in [0.25, 0.3) is 0 Å². The smallest absolute Gasteiger partial charge is 0.404 e. The van der Waals surface area contributed by atoms with E-state index in [0.29, 0.717) is 18.4 Å². The van der Waals surface area contributed by atoms with Crippen LogP contribution in [0.25, 0.3) is 0 Å². The lowest BCUT2D eigenvalue weighted by Crippen LogP contribution is -2.46. The lowest BCUT2D eigenvalue weighted by molar-refractivity contribution is -0.0622. The Kier molecular flexibility index (Phi) is 4.61. The zero-order valence-electron chi connectivity index (χ0n) is 14.9. The first-order valence-corrected chi connectivity index (χ1v) is 9.79. The molecule has 0 spiro atoms. The Hall–Kier alpha value is -1.71. The highest BCUT2D eigenvalue weighted by molar-refractivity contribution is 5.64. The SMILES string of the molecule is O=C(O)NCCc1ccc(OCCC23CC4CC(CC(C4)C2)C3)cc1. The lowest BCUT2D eigenvalue weighted by Gasteiger charge is -2.57. The Morgan fingerprint density at radius 1 is 1.08 bits per heavy atom. The molecule has 1 amide bonds. The van der Waals surface area contributed by atoms with E-state index in [0.717, 1.165) is 35.7 Å². The van der Waals surface area contributed by atoms with Crippen molar-refractivity contribution in [1.29, 1.82) is 0 Å². The first kappa shape index (κ1) is 16.7. The van der Waals surface area contributed by atoms with Crippen LogP contribution in [0, 0.1) is 23.2 Å². The predicted octanol–water partition coefficient (Wildman–Crippen LogP) is 4.48. The molecule has 4 aliphatic rings. The van der Waals surface area contributed by atoms with Gasteiger partial charge in [0.05, 0.1) is 6.61 Å². The molecule has 0 heterocycles. The van der Waals surface area contributed by atoms with Gasteiger partial charge >= 0.3 is 6.09 Å². The Morgan fingerprint density at radius 3 is 2.24 bits per heavy atom. The summed E-state index contributed by atoms with van der Waals surface area (Å²) in [5, 5.41) is 11.0. The molecule has 4 bridgehead atoms. The van der Waals surface area contributed by atoms with Gasteiger partial charge in [0.2, 0.25) is 0 Å². The van der Waals surface area contributed by atoms with Crippen LogP contribution in [0.3, 0.4) is 0 Å². The van der Waals surface area contributed by atoms with Crippen LogP contribution in [0.1, 0.15) is 50.5 Å². The average molecular weight is 343 g/mol. The van der Waals surface area contributed by atoms with E-state index in [1.54, 1.807) is 0 Å². The fourth-order valence-electron chi connectivity index (χ4n) is 6.05. The van der Waals surface area contributed by atoms with E-state index in [4.69, 9.17) is 9.84 Å². The maximum Gasteiger partial charge on any atom is 0.404 e. The average Bonchev–Trinajstić information content (AvgIpc) is 2.54. The molecule has 4 nitrogen and oxygen atoms in total. The summed E-state index contributed by atoms with van der Waals surface area (Å²) in [6, 6.07) is 8.08. The van der Waals surface area contributed by atoms with Gasteiger partial charge in [-0.1, -0.05) is 12.1 Å². The summed E-state index contributed by atoms with van der Waals surface area (Å²) in [6.45, 7) is 1.27. The number of benzene rings is 1. The van der Waals surface area contributed by atoms with Gasteiger partial charge in [-0.15, -0.1) is 0 Å². The van der Waals surface area contributed by atoms with Crippen molar-refractivity contribution < 1.29 is 14.6 Å². The van der Waals surface area contributed by atoms with Crippen LogP contribution < -0.4 is 10.1 Å². The molecule has 4 aliphatic carbocycles. The van der Waals surface area contributed by atoms with Crippen molar-refractivity contribution in [3.8, 4) is 5.75 Å². The van der Waals surface area contributed by atoms with Crippen molar-refractivity contribution in [3.63, 3.8) is 0 Å². The molecule has 1 aromatic carbocycles. The van der Waals surface area contributed by atoms with Crippen molar-refractivity contribution in [3.05, 3.63) is 29.8 Å². The molecule has 0 radical (unpaired) electrons. The maximum absolute atomic E-state index is 10.5. The van der Waals surface area contributed by atoms with Crippen molar-refractivity contribution in [2.24, 2.45) is 23.2 Å². The van der Waals surface area contributed by atoms with Crippen LogP contribution in [0.4, 0.5) is 4.79 Å². The zero-order valence-corrected chi connectivity index (χ0v) is 14.9. The van der Waals surface area contributed by atoms with E-state index in [2.05, 4.69) is 5.32 Å². The lowest BCUT2D eigenvalue weighted by atomic mass is 9.49. The number of carboxylic acid groups (broad SMARTS) is 1. The largest absolute Gasteiger partial charge is 0.494 e. The summed E-state index contributed by atoms with van der Waals surface area (Å²) >= 11 is 0. The van der Waals surface area contributed by atoms with Crippen molar-refractivity contribution in [1.82, 2.24) is 5.32 Å². The van der Waals surface area contributed by atoms with Crippen LogP contribution >= 0.6 is 0 Å². The second kappa shape index (κ2) is 6.89. The van der Waals surface area contributed by atoms with Gasteiger partial charge in [-0.2, -0.15) is 0 Å². The molecule has 2 N–H and O–H groups in total. The molecule has 0 atom stereocenters. The summed E-state index contributed by atoms with van der Waals surface area (Å²) in [4.78, 5) is 10.5. The normalized spacial score (nSPS) is 32.6. The highest BCUT2D eigenvalue weighted by Gasteiger charge is 2.50. The number of ether oxygens (including phenoxy) is 1. The number of carbonyl (C=O) groups is 1. The summed E-state index contributed by atoms with van der Waals surface area (Å²) in [5.74, 6) is 3.94. The molecular weight excluding hydrogens is 314 g/mol. The number of hydrogen-bond acceptors (Lipinski definition) is 2. The van der Waals surface area contributed by atoms with E-state index in [1.807, 2.05) is 24.3 Å². The highest BCUT2D eigenvalue weighted by Crippen LogP contribution is 2.61. The molecule has 5 rings (SSSR count). The molecule has 0 unspecified atom stereocenters. The Labute approximate surface area is 150 Å². The second-order valence-electron chi connectivity index (χ2n) is 8.64. The molecule has 136 valence electrons. The van der Waals surface area contributed by atoms with Gasteiger partial charge < -0.3 is 15.2 Å². The summed E-state index contributed by atoms with van der Waals surface area (Å²) in [7, 11) is 0. The molecule has 1 aromatic rings. The van der Waals surface area contributed by atoms with Crippen molar-refractivity contribution in [2.45, 2.75) is 51.4 Å². The van der Waals surface area contributed by atoms with Gasteiger partial charge in [-0.25, -0.2) is 4.79 Å². The van der Waals surface area contributed by atoms with Gasteiger partial charge in [-0.05, 0) is 92.2 Å². The molecule has 25 heavy (non-hydrogen) atoms. The molecule has 0 saturated heterocycles. The van der Waals surface area contributed by atoms with Crippen molar-refractivity contribution in [2.75, 3.05) is 13.2 Å². The molecule has 4 heteroatoms. The zero-order chi connectivity index (χ0) is 17.3. The van der Waals surface area contributed by atoms with Gasteiger partial charge in [0, 0.05) is 6.54 Å². The third-order valence-corrected chi connectivity index (χ3v) is 6.68. The number of rotatable bonds is 7. The summed E-state index contributed by atoms with van der Waals surface area (Å²) in [5.41, 5.74) is 1.71. The summed E-state index contributed by atoms with van der Waals surface area (Å²) < 4.78 is 6.03. The van der Waals surface area contributed by atoms with E-state index in [9.17, 15) is 4.79 Å². The minimum absolute atomic E-state index is 0.446. The summed E-state index contributed by atoms with van der Waals surface area (Å²) in [6.07, 6.45) is 9.77. The highest BCUT2D eigenvalue weighted by atomic mass is 16.5. The maximum atomic E-state index is 10.5. The Bertz CT molecular complexity index is 575. The Balaban J connectivity index is 1.24. The molecule has 4 fully saturated rings. The fourth-order valence-corrected chi connectivity index (χ4v) is 6.05. The van der Waals surface area contributed by atoms with Gasteiger partial charge in [0.15, 0.2) is 0 Å². The monoisotopic (exact) mass is 343 g/mol. The van der Waals surface area contributed by atoms with E-state index >= 15 is 0 Å². The van der Waals surface area contributed by atoms with E-state index < -0.39 is 6.09 Å². The van der Waals surface area contributed by atoms with Crippen molar-refractivity contribution >= 4 is 6.09 Å². The third-order valence-electron chi connectivity index (χ3n) is 6.68. The number of nitrogens with one attached hydrogen (secondary N) is 1. The first-order chi connectivity index (χ1) is 12.1. The van der Waals surface area contributed by atoms with Crippen LogP contribution in [0.2, 0.25) is 0 Å². The van der Waals surface area contributed by atoms with Crippen LogP contribution in [0.15, 0.2) is 24.3 Å². The van der Waals surface area contributed by atoms with E-state index in [-0.39, 0.29) is 0 Å². The minimum Gasteiger partial charge on any atom is -0.494 e. The van der Waals surface area contributed by atoms with Crippen LogP contribution in [0.5, 0.6) is 5.75 Å². The van der Waals surface area contributed by atoms with Crippen LogP contribution in [-0.4, -0.2) is 24.4 Å². The molecule has 0 aliphatic heterocycles. The molecular formula is C21H29NO3.